The number of likely N-dealkylation sites (tertiary alicyclic amines) is 1. The van der Waals surface area contributed by atoms with Crippen LogP contribution in [0.2, 0.25) is 0 Å². The Bertz CT molecular complexity index is 406. The molecule has 2 rings (SSSR count). The number of hydrogen-bond donors (Lipinski definition) is 1. The Labute approximate surface area is 115 Å². The van der Waals surface area contributed by atoms with Crippen LogP contribution in [0, 0.1) is 5.92 Å². The monoisotopic (exact) mass is 260 g/mol. The van der Waals surface area contributed by atoms with Gasteiger partial charge in [-0.25, -0.2) is 0 Å². The Balaban J connectivity index is 2.02. The van der Waals surface area contributed by atoms with E-state index in [1.54, 1.807) is 0 Å². The van der Waals surface area contributed by atoms with Crippen LogP contribution in [0.25, 0.3) is 0 Å². The lowest BCUT2D eigenvalue weighted by atomic mass is 9.84. The van der Waals surface area contributed by atoms with Gasteiger partial charge in [-0.1, -0.05) is 30.3 Å². The maximum absolute atomic E-state index is 11.8. The first-order valence-electron chi connectivity index (χ1n) is 7.14. The average molecular weight is 260 g/mol. The van der Waals surface area contributed by atoms with Gasteiger partial charge < -0.3 is 5.73 Å². The van der Waals surface area contributed by atoms with Gasteiger partial charge >= 0.3 is 0 Å². The van der Waals surface area contributed by atoms with E-state index in [0.29, 0.717) is 12.1 Å². The lowest BCUT2D eigenvalue weighted by Crippen LogP contribution is -2.48. The predicted molar refractivity (Wildman–Crippen MR) is 77.7 cm³/mol. The van der Waals surface area contributed by atoms with E-state index in [-0.39, 0.29) is 18.2 Å². The van der Waals surface area contributed by atoms with Gasteiger partial charge in [-0.05, 0) is 32.3 Å². The number of carbonyl (C=O) groups excluding carboxylic acids is 1. The molecule has 1 aliphatic heterocycles. The zero-order chi connectivity index (χ0) is 13.8. The zero-order valence-corrected chi connectivity index (χ0v) is 11.9. The summed E-state index contributed by atoms with van der Waals surface area (Å²) in [6.45, 7) is 5.58. The first-order valence-corrected chi connectivity index (χ1v) is 7.14. The van der Waals surface area contributed by atoms with Gasteiger partial charge in [-0.3, -0.25) is 9.69 Å². The van der Waals surface area contributed by atoms with Gasteiger partial charge in [0.1, 0.15) is 5.78 Å². The molecule has 0 aromatic heterocycles. The van der Waals surface area contributed by atoms with Crippen molar-refractivity contribution in [2.45, 2.75) is 45.3 Å². The van der Waals surface area contributed by atoms with E-state index < -0.39 is 0 Å². The summed E-state index contributed by atoms with van der Waals surface area (Å²) in [4.78, 5) is 14.3. The van der Waals surface area contributed by atoms with Crippen LogP contribution >= 0.6 is 0 Å². The molecule has 0 aliphatic carbocycles. The van der Waals surface area contributed by atoms with Crippen LogP contribution < -0.4 is 5.73 Å². The summed E-state index contributed by atoms with van der Waals surface area (Å²) >= 11 is 0. The van der Waals surface area contributed by atoms with Gasteiger partial charge in [0.15, 0.2) is 0 Å². The Morgan fingerprint density at radius 2 is 1.79 bits per heavy atom. The minimum Gasteiger partial charge on any atom is -0.324 e. The molecule has 1 saturated heterocycles. The number of nitrogens with two attached hydrogens (primary N) is 1. The van der Waals surface area contributed by atoms with Gasteiger partial charge in [-0.15, -0.1) is 0 Å². The molecule has 0 saturated carbocycles. The van der Waals surface area contributed by atoms with Gasteiger partial charge in [0.25, 0.3) is 0 Å². The zero-order valence-electron chi connectivity index (χ0n) is 11.9. The number of hydrogen-bond acceptors (Lipinski definition) is 3. The predicted octanol–water partition coefficient (Wildman–Crippen LogP) is 2.20. The second kappa shape index (κ2) is 6.31. The molecule has 1 aliphatic rings. The molecule has 0 amide bonds. The first kappa shape index (κ1) is 14.2. The topological polar surface area (TPSA) is 46.3 Å². The van der Waals surface area contributed by atoms with Crippen molar-refractivity contribution >= 4 is 5.78 Å². The number of ketones is 1. The molecule has 3 atom stereocenters. The molecule has 1 fully saturated rings. The fourth-order valence-electron chi connectivity index (χ4n) is 3.16. The smallest absolute Gasteiger partial charge is 0.149 e. The van der Waals surface area contributed by atoms with Crippen molar-refractivity contribution in [3.05, 3.63) is 35.9 Å². The second-order valence-electron chi connectivity index (χ2n) is 5.69. The van der Waals surface area contributed by atoms with Crippen LogP contribution in [0.3, 0.4) is 0 Å². The molecule has 1 aromatic rings. The molecular weight excluding hydrogens is 236 g/mol. The normalized spacial score (nSPS) is 28.3. The van der Waals surface area contributed by atoms with Crippen molar-refractivity contribution in [2.75, 3.05) is 6.54 Å². The van der Waals surface area contributed by atoms with Crippen molar-refractivity contribution in [2.24, 2.45) is 11.7 Å². The summed E-state index contributed by atoms with van der Waals surface area (Å²) in [5.41, 5.74) is 6.83. The van der Waals surface area contributed by atoms with Crippen LogP contribution in [-0.2, 0) is 11.3 Å². The molecule has 3 nitrogen and oxygen atoms in total. The minimum atomic E-state index is 0.155. The quantitative estimate of drug-likeness (QED) is 0.903. The van der Waals surface area contributed by atoms with Crippen LogP contribution in [0.15, 0.2) is 30.3 Å². The van der Waals surface area contributed by atoms with Gasteiger partial charge in [0.05, 0.1) is 6.54 Å². The summed E-state index contributed by atoms with van der Waals surface area (Å²) in [5.74, 6) is 0.375. The maximum atomic E-state index is 11.8. The largest absolute Gasteiger partial charge is 0.324 e. The van der Waals surface area contributed by atoms with Crippen molar-refractivity contribution in [3.8, 4) is 0 Å². The van der Waals surface area contributed by atoms with E-state index in [1.807, 2.05) is 6.07 Å². The summed E-state index contributed by atoms with van der Waals surface area (Å²) < 4.78 is 0. The minimum absolute atomic E-state index is 0.155. The molecule has 0 radical (unpaired) electrons. The van der Waals surface area contributed by atoms with Crippen LogP contribution in [0.1, 0.15) is 32.3 Å². The summed E-state index contributed by atoms with van der Waals surface area (Å²) in [5, 5.41) is 0. The van der Waals surface area contributed by atoms with Crippen LogP contribution in [0.4, 0.5) is 0 Å². The highest BCUT2D eigenvalue weighted by Crippen LogP contribution is 2.29. The highest BCUT2D eigenvalue weighted by Gasteiger charge is 2.33. The summed E-state index contributed by atoms with van der Waals surface area (Å²) in [6.07, 6.45) is 1.88. The summed E-state index contributed by atoms with van der Waals surface area (Å²) in [6, 6.07) is 11.4. The molecule has 1 unspecified atom stereocenters. The lowest BCUT2D eigenvalue weighted by Gasteiger charge is -2.42. The molecule has 1 aromatic carbocycles. The van der Waals surface area contributed by atoms with Gasteiger partial charge in [0, 0.05) is 24.5 Å². The maximum Gasteiger partial charge on any atom is 0.149 e. The fourth-order valence-corrected chi connectivity index (χ4v) is 3.16. The van der Waals surface area contributed by atoms with Crippen molar-refractivity contribution in [3.63, 3.8) is 0 Å². The van der Waals surface area contributed by atoms with Crippen molar-refractivity contribution in [1.29, 1.82) is 0 Å². The number of carbonyl (C=O) groups is 1. The van der Waals surface area contributed by atoms with E-state index in [4.69, 9.17) is 5.73 Å². The van der Waals surface area contributed by atoms with Crippen LogP contribution in [-0.4, -0.2) is 29.3 Å². The van der Waals surface area contributed by atoms with E-state index in [0.717, 1.165) is 19.4 Å². The fraction of sp³-hybridized carbons (Fsp3) is 0.562. The standard InChI is InChI=1S/C16H24N2O/c1-12-8-15(16(19)10-17)9-13(2)18(12)11-14-6-4-3-5-7-14/h3-7,12-13,15H,8-11,17H2,1-2H3/t12-,13+,15?. The third kappa shape index (κ3) is 3.43. The van der Waals surface area contributed by atoms with Crippen molar-refractivity contribution in [1.82, 2.24) is 4.90 Å². The number of Topliss-reactive ketones (excluding diaryl/α,β-unsaturated/α-hetero) is 1. The molecule has 19 heavy (non-hydrogen) atoms. The molecule has 3 heteroatoms. The van der Waals surface area contributed by atoms with E-state index in [9.17, 15) is 4.79 Å². The second-order valence-corrected chi connectivity index (χ2v) is 5.69. The molecule has 0 bridgehead atoms. The number of benzene rings is 1. The highest BCUT2D eigenvalue weighted by molar-refractivity contribution is 5.82. The average Bonchev–Trinajstić information content (AvgIpc) is 2.43. The Morgan fingerprint density at radius 1 is 1.21 bits per heavy atom. The number of rotatable bonds is 4. The Morgan fingerprint density at radius 3 is 2.32 bits per heavy atom. The molecular formula is C16H24N2O. The van der Waals surface area contributed by atoms with Gasteiger partial charge in [-0.2, -0.15) is 0 Å². The molecule has 1 heterocycles. The number of piperidine rings is 1. The summed E-state index contributed by atoms with van der Waals surface area (Å²) in [7, 11) is 0. The van der Waals surface area contributed by atoms with E-state index in [2.05, 4.69) is 43.0 Å². The molecule has 2 N–H and O–H groups in total. The number of nitrogens with zero attached hydrogens (tertiary/aromatic N) is 1. The first-order chi connectivity index (χ1) is 9.11. The Hall–Kier alpha value is -1.19. The highest BCUT2D eigenvalue weighted by atomic mass is 16.1. The molecule has 0 spiro atoms. The van der Waals surface area contributed by atoms with Gasteiger partial charge in [0.2, 0.25) is 0 Å². The molecule has 104 valence electrons. The van der Waals surface area contributed by atoms with E-state index >= 15 is 0 Å². The van der Waals surface area contributed by atoms with Crippen molar-refractivity contribution < 1.29 is 4.79 Å². The SMILES string of the molecule is C[C@@H]1CC(C(=O)CN)C[C@H](C)N1Cc1ccccc1. The third-order valence-electron chi connectivity index (χ3n) is 4.25. The van der Waals surface area contributed by atoms with E-state index in [1.165, 1.54) is 5.56 Å². The third-order valence-corrected chi connectivity index (χ3v) is 4.25. The Kier molecular flexibility index (Phi) is 4.72. The van der Waals surface area contributed by atoms with Crippen LogP contribution in [0.5, 0.6) is 0 Å². The lowest BCUT2D eigenvalue weighted by molar-refractivity contribution is -0.124.